The van der Waals surface area contributed by atoms with E-state index in [4.69, 9.17) is 10.5 Å². The third kappa shape index (κ3) is 3.47. The minimum absolute atomic E-state index is 0.00225. The molecule has 0 fully saturated rings. The predicted octanol–water partition coefficient (Wildman–Crippen LogP) is 1.55. The SMILES string of the molecule is CCOCC(N)c1noc(C(F)(F)Br)n1. The minimum Gasteiger partial charge on any atom is -0.380 e. The van der Waals surface area contributed by atoms with Crippen molar-refractivity contribution < 1.29 is 18.0 Å². The number of nitrogens with zero attached hydrogens (tertiary/aromatic N) is 2. The van der Waals surface area contributed by atoms with Gasteiger partial charge in [0.1, 0.15) is 0 Å². The van der Waals surface area contributed by atoms with Crippen LogP contribution in [-0.2, 0) is 9.57 Å². The van der Waals surface area contributed by atoms with Crippen LogP contribution in [0.25, 0.3) is 0 Å². The third-order valence-electron chi connectivity index (χ3n) is 1.52. The first-order valence-corrected chi connectivity index (χ1v) is 4.98. The number of nitrogens with two attached hydrogens (primary N) is 1. The second-order valence-corrected chi connectivity index (χ2v) is 3.72. The van der Waals surface area contributed by atoms with Gasteiger partial charge < -0.3 is 15.0 Å². The molecular weight excluding hydrogens is 276 g/mol. The summed E-state index contributed by atoms with van der Waals surface area (Å²) in [5.41, 5.74) is 5.57. The standard InChI is InChI=1S/C7H10BrF2N3O2/c1-2-14-3-4(11)5-12-6(15-13-5)7(8,9)10/h4H,2-3,11H2,1H3. The number of alkyl halides is 3. The molecule has 5 nitrogen and oxygen atoms in total. The molecule has 2 N–H and O–H groups in total. The van der Waals surface area contributed by atoms with Crippen LogP contribution in [0.15, 0.2) is 4.52 Å². The summed E-state index contributed by atoms with van der Waals surface area (Å²) in [4.78, 5) is 0.125. The van der Waals surface area contributed by atoms with Gasteiger partial charge in [0.15, 0.2) is 5.82 Å². The highest BCUT2D eigenvalue weighted by Crippen LogP contribution is 2.33. The van der Waals surface area contributed by atoms with Gasteiger partial charge in [-0.2, -0.15) is 13.8 Å². The minimum atomic E-state index is -3.33. The number of aromatic nitrogens is 2. The lowest BCUT2D eigenvalue weighted by atomic mass is 10.3. The van der Waals surface area contributed by atoms with E-state index in [1.807, 2.05) is 0 Å². The Morgan fingerprint density at radius 1 is 1.67 bits per heavy atom. The van der Waals surface area contributed by atoms with E-state index in [-0.39, 0.29) is 12.4 Å². The lowest BCUT2D eigenvalue weighted by molar-refractivity contribution is 0.0725. The molecule has 0 saturated heterocycles. The van der Waals surface area contributed by atoms with Crippen LogP contribution >= 0.6 is 15.9 Å². The van der Waals surface area contributed by atoms with E-state index in [9.17, 15) is 8.78 Å². The second-order valence-electron chi connectivity index (χ2n) is 2.72. The molecule has 0 aromatic carbocycles. The topological polar surface area (TPSA) is 74.2 Å². The lowest BCUT2D eigenvalue weighted by Gasteiger charge is -2.05. The number of rotatable bonds is 5. The summed E-state index contributed by atoms with van der Waals surface area (Å²) in [6, 6.07) is -0.669. The van der Waals surface area contributed by atoms with Crippen LogP contribution in [0.2, 0.25) is 0 Å². The summed E-state index contributed by atoms with van der Waals surface area (Å²) in [5.74, 6) is -0.818. The molecule has 15 heavy (non-hydrogen) atoms. The Kier molecular flexibility index (Phi) is 4.12. The van der Waals surface area contributed by atoms with Crippen LogP contribution in [0.4, 0.5) is 8.78 Å². The van der Waals surface area contributed by atoms with E-state index in [0.717, 1.165) is 0 Å². The number of ether oxygens (including phenoxy) is 1. The Morgan fingerprint density at radius 3 is 2.80 bits per heavy atom. The highest BCUT2D eigenvalue weighted by molar-refractivity contribution is 9.09. The molecule has 0 aliphatic rings. The highest BCUT2D eigenvalue weighted by atomic mass is 79.9. The number of halogens is 3. The Hall–Kier alpha value is -0.600. The molecule has 0 spiro atoms. The largest absolute Gasteiger partial charge is 0.380 e. The molecule has 86 valence electrons. The summed E-state index contributed by atoms with van der Waals surface area (Å²) in [6.45, 7) is 2.43. The Balaban J connectivity index is 2.67. The third-order valence-corrected chi connectivity index (χ3v) is 1.86. The summed E-state index contributed by atoms with van der Waals surface area (Å²) < 4.78 is 34.6. The van der Waals surface area contributed by atoms with Crippen molar-refractivity contribution >= 4 is 15.9 Å². The maximum absolute atomic E-state index is 12.6. The molecule has 0 radical (unpaired) electrons. The van der Waals surface area contributed by atoms with Crippen LogP contribution in [0.1, 0.15) is 24.7 Å². The van der Waals surface area contributed by atoms with Gasteiger partial charge >= 0.3 is 10.7 Å². The van der Waals surface area contributed by atoms with Gasteiger partial charge in [-0.15, -0.1) is 0 Å². The maximum Gasteiger partial charge on any atom is 0.378 e. The summed E-state index contributed by atoms with van der Waals surface area (Å²) in [7, 11) is 0. The fourth-order valence-corrected chi connectivity index (χ4v) is 0.981. The maximum atomic E-state index is 12.6. The van der Waals surface area contributed by atoms with Gasteiger partial charge in [-0.1, -0.05) is 5.16 Å². The summed E-state index contributed by atoms with van der Waals surface area (Å²) >= 11 is 2.10. The zero-order valence-corrected chi connectivity index (χ0v) is 9.50. The summed E-state index contributed by atoms with van der Waals surface area (Å²) in [5, 5.41) is 3.33. The fourth-order valence-electron chi connectivity index (χ4n) is 0.820. The van der Waals surface area contributed by atoms with Crippen molar-refractivity contribution in [3.05, 3.63) is 11.7 Å². The number of hydrogen-bond donors (Lipinski definition) is 1. The summed E-state index contributed by atoms with van der Waals surface area (Å²) in [6.07, 6.45) is 0. The molecule has 0 saturated carbocycles. The van der Waals surface area contributed by atoms with Gasteiger partial charge in [-0.3, -0.25) is 0 Å². The zero-order chi connectivity index (χ0) is 11.5. The lowest BCUT2D eigenvalue weighted by Crippen LogP contribution is -2.18. The average molecular weight is 286 g/mol. The van der Waals surface area contributed by atoms with Gasteiger partial charge in [0.05, 0.1) is 12.6 Å². The normalized spacial score (nSPS) is 14.2. The Morgan fingerprint density at radius 2 is 2.33 bits per heavy atom. The van der Waals surface area contributed by atoms with Crippen LogP contribution in [0.5, 0.6) is 0 Å². The highest BCUT2D eigenvalue weighted by Gasteiger charge is 2.35. The van der Waals surface area contributed by atoms with Crippen molar-refractivity contribution in [1.82, 2.24) is 10.1 Å². The zero-order valence-electron chi connectivity index (χ0n) is 7.91. The molecule has 0 aliphatic carbocycles. The first-order valence-electron chi connectivity index (χ1n) is 4.19. The molecule has 1 unspecified atom stereocenters. The van der Waals surface area contributed by atoms with Gasteiger partial charge in [0, 0.05) is 22.5 Å². The predicted molar refractivity (Wildman–Crippen MR) is 50.5 cm³/mol. The average Bonchev–Trinajstić information content (AvgIpc) is 2.62. The monoisotopic (exact) mass is 285 g/mol. The van der Waals surface area contributed by atoms with Gasteiger partial charge in [-0.05, 0) is 6.92 Å². The fraction of sp³-hybridized carbons (Fsp3) is 0.714. The van der Waals surface area contributed by atoms with Crippen LogP contribution in [0, 0.1) is 0 Å². The second kappa shape index (κ2) is 4.95. The molecule has 0 aliphatic heterocycles. The van der Waals surface area contributed by atoms with Gasteiger partial charge in [-0.25, -0.2) is 0 Å². The first-order chi connectivity index (χ1) is 6.95. The molecule has 0 amide bonds. The van der Waals surface area contributed by atoms with Gasteiger partial charge in [0.2, 0.25) is 0 Å². The van der Waals surface area contributed by atoms with Crippen molar-refractivity contribution in [2.75, 3.05) is 13.2 Å². The van der Waals surface area contributed by atoms with Crippen molar-refractivity contribution in [2.45, 2.75) is 17.8 Å². The molecule has 1 aromatic heterocycles. The first kappa shape index (κ1) is 12.5. The molecule has 1 aromatic rings. The Labute approximate surface area is 93.1 Å². The van der Waals surface area contributed by atoms with E-state index in [2.05, 4.69) is 30.6 Å². The molecule has 0 bridgehead atoms. The van der Waals surface area contributed by atoms with E-state index < -0.39 is 16.8 Å². The number of hydrogen-bond acceptors (Lipinski definition) is 5. The molecule has 8 heteroatoms. The van der Waals surface area contributed by atoms with Crippen LogP contribution in [0.3, 0.4) is 0 Å². The quantitative estimate of drug-likeness (QED) is 0.831. The van der Waals surface area contributed by atoms with E-state index in [0.29, 0.717) is 6.61 Å². The van der Waals surface area contributed by atoms with Crippen LogP contribution in [-0.4, -0.2) is 23.4 Å². The smallest absolute Gasteiger partial charge is 0.378 e. The van der Waals surface area contributed by atoms with Crippen molar-refractivity contribution in [3.8, 4) is 0 Å². The Bertz CT molecular complexity index is 315. The van der Waals surface area contributed by atoms with Crippen molar-refractivity contribution in [3.63, 3.8) is 0 Å². The van der Waals surface area contributed by atoms with E-state index in [1.165, 1.54) is 0 Å². The van der Waals surface area contributed by atoms with Crippen molar-refractivity contribution in [1.29, 1.82) is 0 Å². The van der Waals surface area contributed by atoms with Gasteiger partial charge in [0.25, 0.3) is 0 Å². The van der Waals surface area contributed by atoms with Crippen molar-refractivity contribution in [2.24, 2.45) is 5.73 Å². The molecular formula is C7H10BrF2N3O2. The molecule has 1 heterocycles. The van der Waals surface area contributed by atoms with E-state index >= 15 is 0 Å². The van der Waals surface area contributed by atoms with E-state index in [1.54, 1.807) is 6.92 Å². The molecule has 1 atom stereocenters. The van der Waals surface area contributed by atoms with Crippen LogP contribution < -0.4 is 5.73 Å². The molecule has 1 rings (SSSR count).